The number of nitrogens with two attached hydrogens (primary N) is 1. The van der Waals surface area contributed by atoms with Crippen molar-refractivity contribution in [2.75, 3.05) is 0 Å². The fraction of sp³-hybridized carbons (Fsp3) is 0.562. The molecule has 2 rings (SSSR count). The molecule has 110 valence electrons. The van der Waals surface area contributed by atoms with Gasteiger partial charge in [0, 0.05) is 23.2 Å². The van der Waals surface area contributed by atoms with Crippen molar-refractivity contribution in [3.63, 3.8) is 0 Å². The van der Waals surface area contributed by atoms with Crippen LogP contribution in [0.4, 0.5) is 0 Å². The Morgan fingerprint density at radius 3 is 2.70 bits per heavy atom. The number of carbonyl (C=O) groups is 1. The number of hydrogen-bond acceptors (Lipinski definition) is 2. The highest BCUT2D eigenvalue weighted by molar-refractivity contribution is 6.31. The van der Waals surface area contributed by atoms with Gasteiger partial charge in [-0.1, -0.05) is 36.9 Å². The van der Waals surface area contributed by atoms with Crippen molar-refractivity contribution in [1.82, 2.24) is 5.32 Å². The Bertz CT molecular complexity index is 470. The summed E-state index contributed by atoms with van der Waals surface area (Å²) in [6, 6.07) is 5.76. The van der Waals surface area contributed by atoms with Gasteiger partial charge < -0.3 is 11.1 Å². The number of hydrogen-bond donors (Lipinski definition) is 2. The smallest absolute Gasteiger partial charge is 0.248 e. The normalized spacial score (nSPS) is 17.9. The van der Waals surface area contributed by atoms with Crippen molar-refractivity contribution >= 4 is 17.5 Å². The Morgan fingerprint density at radius 1 is 1.40 bits per heavy atom. The number of benzene rings is 1. The zero-order valence-corrected chi connectivity index (χ0v) is 12.7. The topological polar surface area (TPSA) is 55.1 Å². The van der Waals surface area contributed by atoms with Crippen LogP contribution in [0.3, 0.4) is 0 Å². The summed E-state index contributed by atoms with van der Waals surface area (Å²) in [5.41, 5.74) is 6.71. The predicted octanol–water partition coefficient (Wildman–Crippen LogP) is 3.50. The SMILES string of the molecule is C[C@H](NCc1ccc(C(N)=O)cc1Cl)C1CCCCC1. The zero-order valence-electron chi connectivity index (χ0n) is 12.0. The quantitative estimate of drug-likeness (QED) is 0.873. The van der Waals surface area contributed by atoms with E-state index >= 15 is 0 Å². The molecule has 1 aromatic carbocycles. The Hall–Kier alpha value is -1.06. The summed E-state index contributed by atoms with van der Waals surface area (Å²) < 4.78 is 0. The number of rotatable bonds is 5. The molecule has 1 aliphatic carbocycles. The Morgan fingerprint density at radius 2 is 2.10 bits per heavy atom. The van der Waals surface area contributed by atoms with Gasteiger partial charge in [0.15, 0.2) is 0 Å². The molecule has 1 aliphatic rings. The van der Waals surface area contributed by atoms with E-state index < -0.39 is 5.91 Å². The molecule has 1 aromatic rings. The first-order valence-corrected chi connectivity index (χ1v) is 7.77. The first-order valence-electron chi connectivity index (χ1n) is 7.39. The average Bonchev–Trinajstić information content (AvgIpc) is 2.46. The summed E-state index contributed by atoms with van der Waals surface area (Å²) in [6.45, 7) is 2.98. The Labute approximate surface area is 125 Å². The van der Waals surface area contributed by atoms with Crippen LogP contribution in [0, 0.1) is 5.92 Å². The Kier molecular flexibility index (Phi) is 5.44. The molecular weight excluding hydrogens is 272 g/mol. The summed E-state index contributed by atoms with van der Waals surface area (Å²) in [5, 5.41) is 4.16. The first kappa shape index (κ1) is 15.3. The van der Waals surface area contributed by atoms with Crippen LogP contribution in [-0.2, 0) is 6.54 Å². The number of halogens is 1. The van der Waals surface area contributed by atoms with Gasteiger partial charge in [0.05, 0.1) is 0 Å². The Balaban J connectivity index is 1.91. The lowest BCUT2D eigenvalue weighted by atomic mass is 9.84. The minimum atomic E-state index is -0.443. The molecule has 1 atom stereocenters. The number of nitrogens with one attached hydrogen (secondary N) is 1. The van der Waals surface area contributed by atoms with Gasteiger partial charge in [-0.25, -0.2) is 0 Å². The molecule has 0 bridgehead atoms. The van der Waals surface area contributed by atoms with Gasteiger partial charge in [-0.3, -0.25) is 4.79 Å². The molecule has 0 radical (unpaired) electrons. The third kappa shape index (κ3) is 3.97. The van der Waals surface area contributed by atoms with Crippen LogP contribution in [-0.4, -0.2) is 11.9 Å². The molecule has 3 nitrogen and oxygen atoms in total. The maximum absolute atomic E-state index is 11.1. The minimum absolute atomic E-state index is 0.443. The van der Waals surface area contributed by atoms with E-state index in [1.165, 1.54) is 32.1 Å². The molecule has 0 heterocycles. The summed E-state index contributed by atoms with van der Waals surface area (Å²) in [4.78, 5) is 11.1. The van der Waals surface area contributed by atoms with Crippen molar-refractivity contribution in [2.24, 2.45) is 11.7 Å². The second-order valence-corrected chi connectivity index (χ2v) is 6.15. The van der Waals surface area contributed by atoms with E-state index in [0.29, 0.717) is 16.6 Å². The molecule has 20 heavy (non-hydrogen) atoms. The number of amides is 1. The summed E-state index contributed by atoms with van der Waals surface area (Å²) in [6.07, 6.45) is 6.73. The van der Waals surface area contributed by atoms with Gasteiger partial charge >= 0.3 is 0 Å². The predicted molar refractivity (Wildman–Crippen MR) is 82.8 cm³/mol. The molecule has 0 aliphatic heterocycles. The van der Waals surface area contributed by atoms with E-state index in [9.17, 15) is 4.79 Å². The van der Waals surface area contributed by atoms with Gasteiger partial charge in [0.2, 0.25) is 5.91 Å². The summed E-state index contributed by atoms with van der Waals surface area (Å²) in [5.74, 6) is 0.328. The van der Waals surface area contributed by atoms with E-state index in [1.807, 2.05) is 6.07 Å². The van der Waals surface area contributed by atoms with E-state index in [2.05, 4.69) is 12.2 Å². The maximum atomic E-state index is 11.1. The van der Waals surface area contributed by atoms with Crippen molar-refractivity contribution in [3.05, 3.63) is 34.3 Å². The number of primary amides is 1. The fourth-order valence-corrected chi connectivity index (χ4v) is 3.16. The van der Waals surface area contributed by atoms with Crippen LogP contribution < -0.4 is 11.1 Å². The molecule has 1 saturated carbocycles. The van der Waals surface area contributed by atoms with Crippen LogP contribution in [0.15, 0.2) is 18.2 Å². The van der Waals surface area contributed by atoms with Crippen molar-refractivity contribution < 1.29 is 4.79 Å². The van der Waals surface area contributed by atoms with E-state index in [4.69, 9.17) is 17.3 Å². The molecule has 1 amide bonds. The third-order valence-electron chi connectivity index (χ3n) is 4.31. The number of carbonyl (C=O) groups excluding carboxylic acids is 1. The molecule has 0 aromatic heterocycles. The molecule has 4 heteroatoms. The molecule has 0 unspecified atom stereocenters. The van der Waals surface area contributed by atoms with Crippen LogP contribution in [0.25, 0.3) is 0 Å². The van der Waals surface area contributed by atoms with Crippen LogP contribution in [0.2, 0.25) is 5.02 Å². The van der Waals surface area contributed by atoms with Crippen molar-refractivity contribution in [3.8, 4) is 0 Å². The summed E-state index contributed by atoms with van der Waals surface area (Å²) in [7, 11) is 0. The van der Waals surface area contributed by atoms with E-state index in [0.717, 1.165) is 18.0 Å². The van der Waals surface area contributed by atoms with E-state index in [1.54, 1.807) is 12.1 Å². The van der Waals surface area contributed by atoms with Gasteiger partial charge in [0.25, 0.3) is 0 Å². The lowest BCUT2D eigenvalue weighted by Crippen LogP contribution is -2.34. The highest BCUT2D eigenvalue weighted by Gasteiger charge is 2.19. The largest absolute Gasteiger partial charge is 0.366 e. The fourth-order valence-electron chi connectivity index (χ4n) is 2.92. The lowest BCUT2D eigenvalue weighted by molar-refractivity contribution is 0.100. The standard InChI is InChI=1S/C16H23ClN2O/c1-11(12-5-3-2-4-6-12)19-10-14-8-7-13(16(18)20)9-15(14)17/h7-9,11-12,19H,2-6,10H2,1H3,(H2,18,20)/t11-/m0/s1. The molecule has 1 fully saturated rings. The highest BCUT2D eigenvalue weighted by Crippen LogP contribution is 2.26. The van der Waals surface area contributed by atoms with Gasteiger partial charge in [-0.2, -0.15) is 0 Å². The second-order valence-electron chi connectivity index (χ2n) is 5.74. The first-order chi connectivity index (χ1) is 9.58. The van der Waals surface area contributed by atoms with Gasteiger partial charge in [0.1, 0.15) is 0 Å². The average molecular weight is 295 g/mol. The van der Waals surface area contributed by atoms with Crippen LogP contribution in [0.1, 0.15) is 54.9 Å². The third-order valence-corrected chi connectivity index (χ3v) is 4.66. The summed E-state index contributed by atoms with van der Waals surface area (Å²) >= 11 is 6.19. The van der Waals surface area contributed by atoms with E-state index in [-0.39, 0.29) is 0 Å². The zero-order chi connectivity index (χ0) is 14.5. The van der Waals surface area contributed by atoms with Crippen molar-refractivity contribution in [2.45, 2.75) is 51.6 Å². The molecule has 0 saturated heterocycles. The van der Waals surface area contributed by atoms with Gasteiger partial charge in [-0.05, 0) is 43.4 Å². The molecule has 0 spiro atoms. The van der Waals surface area contributed by atoms with Gasteiger partial charge in [-0.15, -0.1) is 0 Å². The molecular formula is C16H23ClN2O. The molecule has 3 N–H and O–H groups in total. The van der Waals surface area contributed by atoms with Crippen LogP contribution >= 0.6 is 11.6 Å². The minimum Gasteiger partial charge on any atom is -0.366 e. The van der Waals surface area contributed by atoms with Crippen LogP contribution in [0.5, 0.6) is 0 Å². The second kappa shape index (κ2) is 7.09. The highest BCUT2D eigenvalue weighted by atomic mass is 35.5. The maximum Gasteiger partial charge on any atom is 0.248 e. The van der Waals surface area contributed by atoms with Crippen molar-refractivity contribution in [1.29, 1.82) is 0 Å². The lowest BCUT2D eigenvalue weighted by Gasteiger charge is -2.28. The monoisotopic (exact) mass is 294 g/mol.